The van der Waals surface area contributed by atoms with Crippen LogP contribution in [0, 0.1) is 17.3 Å². The van der Waals surface area contributed by atoms with Crippen molar-refractivity contribution in [1.82, 2.24) is 10.2 Å². The standard InChI is InChI=1S/C18H36N2O/c1-18(2,3)16-8-6-15(7-9-16)13-20(11-12-21)14-17-5-4-10-19-17/h15-17,19,21H,4-14H2,1-3H3. The Labute approximate surface area is 131 Å². The molecule has 0 bridgehead atoms. The highest BCUT2D eigenvalue weighted by atomic mass is 16.3. The van der Waals surface area contributed by atoms with Gasteiger partial charge in [0.15, 0.2) is 0 Å². The normalized spacial score (nSPS) is 31.0. The van der Waals surface area contributed by atoms with Crippen molar-refractivity contribution in [2.24, 2.45) is 17.3 Å². The third-order valence-corrected chi connectivity index (χ3v) is 5.65. The van der Waals surface area contributed by atoms with Gasteiger partial charge in [0.2, 0.25) is 0 Å². The molecule has 1 aliphatic carbocycles. The molecule has 1 unspecified atom stereocenters. The molecule has 1 aliphatic heterocycles. The Morgan fingerprint density at radius 3 is 2.29 bits per heavy atom. The van der Waals surface area contributed by atoms with Crippen LogP contribution in [0.2, 0.25) is 0 Å². The van der Waals surface area contributed by atoms with Crippen LogP contribution in [0.3, 0.4) is 0 Å². The molecule has 0 radical (unpaired) electrons. The first-order valence-electron chi connectivity index (χ1n) is 9.05. The van der Waals surface area contributed by atoms with Gasteiger partial charge in [-0.15, -0.1) is 0 Å². The average Bonchev–Trinajstić information content (AvgIpc) is 2.91. The number of nitrogens with zero attached hydrogens (tertiary/aromatic N) is 1. The summed E-state index contributed by atoms with van der Waals surface area (Å²) in [6.07, 6.45) is 8.16. The van der Waals surface area contributed by atoms with Gasteiger partial charge in [-0.25, -0.2) is 0 Å². The number of rotatable bonds is 6. The molecule has 2 rings (SSSR count). The predicted octanol–water partition coefficient (Wildman–Crippen LogP) is 2.89. The van der Waals surface area contributed by atoms with Crippen molar-refractivity contribution in [3.8, 4) is 0 Å². The van der Waals surface area contributed by atoms with Gasteiger partial charge in [0.1, 0.15) is 0 Å². The van der Waals surface area contributed by atoms with E-state index < -0.39 is 0 Å². The van der Waals surface area contributed by atoms with Crippen LogP contribution in [-0.2, 0) is 0 Å². The third-order valence-electron chi connectivity index (χ3n) is 5.65. The van der Waals surface area contributed by atoms with Crippen LogP contribution in [0.4, 0.5) is 0 Å². The SMILES string of the molecule is CC(C)(C)C1CCC(CN(CCO)CC2CCCN2)CC1. The summed E-state index contributed by atoms with van der Waals surface area (Å²) in [6, 6.07) is 0.655. The van der Waals surface area contributed by atoms with E-state index in [-0.39, 0.29) is 0 Å². The number of nitrogens with one attached hydrogen (secondary N) is 1. The quantitative estimate of drug-likeness (QED) is 0.791. The Kier molecular flexibility index (Phi) is 6.51. The second-order valence-corrected chi connectivity index (χ2v) is 8.36. The molecular formula is C18H36N2O. The van der Waals surface area contributed by atoms with Gasteiger partial charge in [0, 0.05) is 25.7 Å². The minimum absolute atomic E-state index is 0.296. The number of hydrogen-bond acceptors (Lipinski definition) is 3. The fourth-order valence-corrected chi connectivity index (χ4v) is 4.20. The monoisotopic (exact) mass is 296 g/mol. The first-order valence-corrected chi connectivity index (χ1v) is 9.05. The van der Waals surface area contributed by atoms with Crippen LogP contribution in [0.1, 0.15) is 59.3 Å². The molecule has 0 aromatic rings. The summed E-state index contributed by atoms with van der Waals surface area (Å²) in [6.45, 7) is 11.8. The van der Waals surface area contributed by atoms with Crippen molar-refractivity contribution >= 4 is 0 Å². The zero-order chi connectivity index (χ0) is 15.3. The molecular weight excluding hydrogens is 260 g/mol. The smallest absolute Gasteiger partial charge is 0.0558 e. The van der Waals surface area contributed by atoms with Crippen molar-refractivity contribution in [2.75, 3.05) is 32.8 Å². The van der Waals surface area contributed by atoms with Crippen LogP contribution in [0.25, 0.3) is 0 Å². The summed E-state index contributed by atoms with van der Waals surface area (Å²) >= 11 is 0. The first-order chi connectivity index (χ1) is 9.99. The zero-order valence-electron chi connectivity index (χ0n) is 14.4. The maximum absolute atomic E-state index is 9.33. The molecule has 124 valence electrons. The third kappa shape index (κ3) is 5.54. The van der Waals surface area contributed by atoms with E-state index in [0.717, 1.165) is 24.9 Å². The Morgan fingerprint density at radius 1 is 1.05 bits per heavy atom. The van der Waals surface area contributed by atoms with Gasteiger partial charge in [-0.2, -0.15) is 0 Å². The second kappa shape index (κ2) is 7.94. The maximum Gasteiger partial charge on any atom is 0.0558 e. The van der Waals surface area contributed by atoms with E-state index in [1.807, 2.05) is 0 Å². The highest BCUT2D eigenvalue weighted by Gasteiger charge is 2.30. The van der Waals surface area contributed by atoms with Crippen LogP contribution >= 0.6 is 0 Å². The first kappa shape index (κ1) is 17.2. The molecule has 0 amide bonds. The van der Waals surface area contributed by atoms with Crippen LogP contribution in [0.5, 0.6) is 0 Å². The fourth-order valence-electron chi connectivity index (χ4n) is 4.20. The van der Waals surface area contributed by atoms with Gasteiger partial charge in [-0.1, -0.05) is 20.8 Å². The lowest BCUT2D eigenvalue weighted by atomic mass is 9.70. The number of aliphatic hydroxyl groups is 1. The summed E-state index contributed by atoms with van der Waals surface area (Å²) in [5.74, 6) is 1.74. The number of hydrogen-bond donors (Lipinski definition) is 2. The van der Waals surface area contributed by atoms with Crippen LogP contribution in [-0.4, -0.2) is 48.8 Å². The van der Waals surface area contributed by atoms with Crippen molar-refractivity contribution < 1.29 is 5.11 Å². The summed E-state index contributed by atoms with van der Waals surface area (Å²) in [4.78, 5) is 2.51. The van der Waals surface area contributed by atoms with Gasteiger partial charge in [0.05, 0.1) is 6.61 Å². The molecule has 1 heterocycles. The molecule has 0 aromatic heterocycles. The fraction of sp³-hybridized carbons (Fsp3) is 1.00. The van der Waals surface area contributed by atoms with E-state index in [0.29, 0.717) is 18.1 Å². The van der Waals surface area contributed by atoms with Crippen LogP contribution < -0.4 is 5.32 Å². The second-order valence-electron chi connectivity index (χ2n) is 8.36. The van der Waals surface area contributed by atoms with Gasteiger partial charge in [-0.3, -0.25) is 4.90 Å². The lowest BCUT2D eigenvalue weighted by Crippen LogP contribution is -2.42. The topological polar surface area (TPSA) is 35.5 Å². The minimum atomic E-state index is 0.296. The highest BCUT2D eigenvalue weighted by molar-refractivity contribution is 4.83. The minimum Gasteiger partial charge on any atom is -0.395 e. The molecule has 1 saturated carbocycles. The molecule has 3 heteroatoms. The van der Waals surface area contributed by atoms with E-state index in [9.17, 15) is 5.11 Å². The molecule has 21 heavy (non-hydrogen) atoms. The Morgan fingerprint density at radius 2 is 1.76 bits per heavy atom. The Hall–Kier alpha value is -0.120. The average molecular weight is 296 g/mol. The van der Waals surface area contributed by atoms with Gasteiger partial charge in [-0.05, 0) is 62.3 Å². The predicted molar refractivity (Wildman–Crippen MR) is 89.5 cm³/mol. The molecule has 2 fully saturated rings. The Bertz CT molecular complexity index is 286. The van der Waals surface area contributed by atoms with Gasteiger partial charge in [0.25, 0.3) is 0 Å². The molecule has 2 N–H and O–H groups in total. The summed E-state index contributed by atoms with van der Waals surface area (Å²) in [7, 11) is 0. The summed E-state index contributed by atoms with van der Waals surface area (Å²) in [5.41, 5.74) is 0.476. The van der Waals surface area contributed by atoms with E-state index in [4.69, 9.17) is 0 Å². The van der Waals surface area contributed by atoms with E-state index in [1.165, 1.54) is 51.6 Å². The highest BCUT2D eigenvalue weighted by Crippen LogP contribution is 2.39. The van der Waals surface area contributed by atoms with E-state index in [2.05, 4.69) is 31.0 Å². The Balaban J connectivity index is 1.76. The largest absolute Gasteiger partial charge is 0.395 e. The van der Waals surface area contributed by atoms with Crippen molar-refractivity contribution in [1.29, 1.82) is 0 Å². The molecule has 1 atom stereocenters. The molecule has 3 nitrogen and oxygen atoms in total. The zero-order valence-corrected chi connectivity index (χ0v) is 14.4. The lowest BCUT2D eigenvalue weighted by molar-refractivity contribution is 0.111. The van der Waals surface area contributed by atoms with E-state index >= 15 is 0 Å². The van der Waals surface area contributed by atoms with Gasteiger partial charge < -0.3 is 10.4 Å². The summed E-state index contributed by atoms with van der Waals surface area (Å²) < 4.78 is 0. The molecule has 0 aromatic carbocycles. The lowest BCUT2D eigenvalue weighted by Gasteiger charge is -2.38. The van der Waals surface area contributed by atoms with Gasteiger partial charge >= 0.3 is 0 Å². The maximum atomic E-state index is 9.33. The molecule has 0 spiro atoms. The van der Waals surface area contributed by atoms with E-state index in [1.54, 1.807) is 0 Å². The van der Waals surface area contributed by atoms with Crippen LogP contribution in [0.15, 0.2) is 0 Å². The number of aliphatic hydroxyl groups excluding tert-OH is 1. The molecule has 2 aliphatic rings. The van der Waals surface area contributed by atoms with Crippen molar-refractivity contribution in [3.05, 3.63) is 0 Å². The molecule has 1 saturated heterocycles. The summed E-state index contributed by atoms with van der Waals surface area (Å²) in [5, 5.41) is 12.9. The van der Waals surface area contributed by atoms with Crippen molar-refractivity contribution in [3.63, 3.8) is 0 Å². The van der Waals surface area contributed by atoms with Crippen molar-refractivity contribution in [2.45, 2.75) is 65.3 Å².